The van der Waals surface area contributed by atoms with Gasteiger partial charge in [0.2, 0.25) is 0 Å². The number of aryl methyl sites for hydroxylation is 1. The van der Waals surface area contributed by atoms with Crippen molar-refractivity contribution in [3.63, 3.8) is 0 Å². The number of ether oxygens (including phenoxy) is 1. The van der Waals surface area contributed by atoms with Gasteiger partial charge in [-0.3, -0.25) is 0 Å². The van der Waals surface area contributed by atoms with Crippen LogP contribution in [0.5, 0.6) is 5.75 Å². The quantitative estimate of drug-likeness (QED) is 0.759. The van der Waals surface area contributed by atoms with Gasteiger partial charge in [0.05, 0.1) is 31.0 Å². The fraction of sp³-hybridized carbons (Fsp3) is 0.182. The Balaban J connectivity index is 2.48. The van der Waals surface area contributed by atoms with E-state index >= 15 is 0 Å². The molecule has 16 heavy (non-hydrogen) atoms. The number of nitrogens with zero attached hydrogens (tertiary/aromatic N) is 4. The van der Waals surface area contributed by atoms with Gasteiger partial charge in [0.15, 0.2) is 11.4 Å². The van der Waals surface area contributed by atoms with E-state index in [1.165, 1.54) is 7.11 Å². The van der Waals surface area contributed by atoms with Gasteiger partial charge < -0.3 is 9.30 Å². The van der Waals surface area contributed by atoms with Gasteiger partial charge in [-0.1, -0.05) is 0 Å². The third-order valence-electron chi connectivity index (χ3n) is 2.17. The van der Waals surface area contributed by atoms with Gasteiger partial charge in [-0.15, -0.1) is 0 Å². The molecule has 2 aromatic rings. The summed E-state index contributed by atoms with van der Waals surface area (Å²) in [5.41, 5.74) is 2.02. The third-order valence-corrected chi connectivity index (χ3v) is 2.17. The molecule has 0 amide bonds. The highest BCUT2D eigenvalue weighted by molar-refractivity contribution is 5.44. The molecule has 5 nitrogen and oxygen atoms in total. The first-order valence-electron chi connectivity index (χ1n) is 4.69. The fourth-order valence-corrected chi connectivity index (χ4v) is 1.38. The van der Waals surface area contributed by atoms with Crippen LogP contribution in [0.1, 0.15) is 11.4 Å². The first-order chi connectivity index (χ1) is 7.74. The van der Waals surface area contributed by atoms with Crippen LogP contribution in [-0.4, -0.2) is 21.6 Å². The zero-order chi connectivity index (χ0) is 11.5. The second-order valence-corrected chi connectivity index (χ2v) is 3.28. The van der Waals surface area contributed by atoms with Gasteiger partial charge in [0.25, 0.3) is 0 Å². The van der Waals surface area contributed by atoms with Crippen LogP contribution in [0, 0.1) is 18.3 Å². The smallest absolute Gasteiger partial charge is 0.182 e. The number of methoxy groups -OCH3 is 1. The lowest BCUT2D eigenvalue weighted by Gasteiger charge is -2.05. The summed E-state index contributed by atoms with van der Waals surface area (Å²) < 4.78 is 6.91. The van der Waals surface area contributed by atoms with E-state index in [2.05, 4.69) is 9.97 Å². The lowest BCUT2D eigenvalue weighted by Crippen LogP contribution is -1.96. The van der Waals surface area contributed by atoms with Gasteiger partial charge in [-0.2, -0.15) is 5.26 Å². The van der Waals surface area contributed by atoms with Crippen LogP contribution in [0.4, 0.5) is 0 Å². The Morgan fingerprint density at radius 3 is 2.81 bits per heavy atom. The summed E-state index contributed by atoms with van der Waals surface area (Å²) >= 11 is 0. The standard InChI is InChI=1S/C11H10N4O/c1-8-6-15(7-14-8)9-3-11(16-2)10(4-12)13-5-9/h3,5-7H,1-2H3. The minimum atomic E-state index is 0.281. The SMILES string of the molecule is COc1cc(-n2cnc(C)c2)cnc1C#N. The largest absolute Gasteiger partial charge is 0.494 e. The molecule has 0 bridgehead atoms. The summed E-state index contributed by atoms with van der Waals surface area (Å²) in [6, 6.07) is 3.73. The number of rotatable bonds is 2. The summed E-state index contributed by atoms with van der Waals surface area (Å²) in [5.74, 6) is 0.464. The molecule has 0 fully saturated rings. The summed E-state index contributed by atoms with van der Waals surface area (Å²) in [5, 5.41) is 8.80. The predicted molar refractivity (Wildman–Crippen MR) is 57.4 cm³/mol. The van der Waals surface area contributed by atoms with Crippen molar-refractivity contribution in [1.82, 2.24) is 14.5 Å². The second-order valence-electron chi connectivity index (χ2n) is 3.28. The minimum absolute atomic E-state index is 0.281. The highest BCUT2D eigenvalue weighted by Gasteiger charge is 2.06. The molecular weight excluding hydrogens is 204 g/mol. The van der Waals surface area contributed by atoms with Crippen molar-refractivity contribution >= 4 is 0 Å². The highest BCUT2D eigenvalue weighted by Crippen LogP contribution is 2.19. The maximum atomic E-state index is 8.80. The van der Waals surface area contributed by atoms with Crippen molar-refractivity contribution in [2.24, 2.45) is 0 Å². The van der Waals surface area contributed by atoms with Crippen molar-refractivity contribution in [1.29, 1.82) is 5.26 Å². The molecule has 0 saturated carbocycles. The molecule has 0 unspecified atom stereocenters. The van der Waals surface area contributed by atoms with E-state index in [1.54, 1.807) is 18.6 Å². The number of pyridine rings is 1. The van der Waals surface area contributed by atoms with E-state index in [1.807, 2.05) is 23.8 Å². The van der Waals surface area contributed by atoms with Crippen molar-refractivity contribution in [3.8, 4) is 17.5 Å². The molecule has 0 aliphatic carbocycles. The van der Waals surface area contributed by atoms with Crippen LogP contribution in [0.25, 0.3) is 5.69 Å². The molecule has 80 valence electrons. The van der Waals surface area contributed by atoms with Crippen molar-refractivity contribution < 1.29 is 4.74 Å². The molecule has 0 aliphatic heterocycles. The van der Waals surface area contributed by atoms with Crippen molar-refractivity contribution in [2.75, 3.05) is 7.11 Å². The van der Waals surface area contributed by atoms with Crippen LogP contribution in [0.15, 0.2) is 24.8 Å². The van der Waals surface area contributed by atoms with E-state index in [0.717, 1.165) is 11.4 Å². The summed E-state index contributed by atoms with van der Waals surface area (Å²) in [4.78, 5) is 8.14. The number of imidazole rings is 1. The molecule has 0 saturated heterocycles. The molecule has 2 heterocycles. The average molecular weight is 214 g/mol. The number of aromatic nitrogens is 3. The average Bonchev–Trinajstić information content (AvgIpc) is 2.75. The number of hydrogen-bond acceptors (Lipinski definition) is 4. The van der Waals surface area contributed by atoms with E-state index in [9.17, 15) is 0 Å². The monoisotopic (exact) mass is 214 g/mol. The Labute approximate surface area is 92.9 Å². The van der Waals surface area contributed by atoms with E-state index in [-0.39, 0.29) is 5.69 Å². The van der Waals surface area contributed by atoms with Gasteiger partial charge >= 0.3 is 0 Å². The van der Waals surface area contributed by atoms with Gasteiger partial charge in [0.1, 0.15) is 6.07 Å². The lowest BCUT2D eigenvalue weighted by molar-refractivity contribution is 0.411. The zero-order valence-electron chi connectivity index (χ0n) is 9.01. The first kappa shape index (κ1) is 10.2. The molecule has 0 radical (unpaired) electrons. The maximum absolute atomic E-state index is 8.80. The molecular formula is C11H10N4O. The molecule has 0 atom stereocenters. The van der Waals surface area contributed by atoms with Crippen molar-refractivity contribution in [3.05, 3.63) is 36.2 Å². The Morgan fingerprint density at radius 1 is 1.44 bits per heavy atom. The van der Waals surface area contributed by atoms with Gasteiger partial charge in [-0.05, 0) is 6.92 Å². The topological polar surface area (TPSA) is 63.7 Å². The van der Waals surface area contributed by atoms with E-state index in [0.29, 0.717) is 5.75 Å². The lowest BCUT2D eigenvalue weighted by atomic mass is 10.3. The first-order valence-corrected chi connectivity index (χ1v) is 4.69. The van der Waals surface area contributed by atoms with Crippen LogP contribution in [0.2, 0.25) is 0 Å². The van der Waals surface area contributed by atoms with Crippen LogP contribution >= 0.6 is 0 Å². The van der Waals surface area contributed by atoms with E-state index < -0.39 is 0 Å². The molecule has 5 heteroatoms. The van der Waals surface area contributed by atoms with E-state index in [4.69, 9.17) is 10.00 Å². The van der Waals surface area contributed by atoms with Crippen LogP contribution in [-0.2, 0) is 0 Å². The summed E-state index contributed by atoms with van der Waals surface area (Å²) in [7, 11) is 1.51. The normalized spacial score (nSPS) is 9.81. The molecule has 0 spiro atoms. The highest BCUT2D eigenvalue weighted by atomic mass is 16.5. The summed E-state index contributed by atoms with van der Waals surface area (Å²) in [6.07, 6.45) is 5.18. The molecule has 0 aromatic carbocycles. The number of hydrogen-bond donors (Lipinski definition) is 0. The third kappa shape index (κ3) is 1.73. The Bertz CT molecular complexity index is 553. The Hall–Kier alpha value is -2.35. The molecule has 0 aliphatic rings. The second kappa shape index (κ2) is 4.03. The zero-order valence-corrected chi connectivity index (χ0v) is 9.01. The maximum Gasteiger partial charge on any atom is 0.182 e. The fourth-order valence-electron chi connectivity index (χ4n) is 1.38. The molecule has 2 aromatic heterocycles. The predicted octanol–water partition coefficient (Wildman–Crippen LogP) is 1.46. The van der Waals surface area contributed by atoms with Gasteiger partial charge in [0, 0.05) is 12.3 Å². The Morgan fingerprint density at radius 2 is 2.25 bits per heavy atom. The minimum Gasteiger partial charge on any atom is -0.494 e. The van der Waals surface area contributed by atoms with Crippen LogP contribution < -0.4 is 4.74 Å². The molecule has 2 rings (SSSR count). The van der Waals surface area contributed by atoms with Crippen molar-refractivity contribution in [2.45, 2.75) is 6.92 Å². The molecule has 0 N–H and O–H groups in total. The summed E-state index contributed by atoms with van der Waals surface area (Å²) in [6.45, 7) is 1.91. The van der Waals surface area contributed by atoms with Gasteiger partial charge in [-0.25, -0.2) is 9.97 Å². The number of nitriles is 1. The van der Waals surface area contributed by atoms with Crippen LogP contribution in [0.3, 0.4) is 0 Å². The Kier molecular flexibility index (Phi) is 2.56.